The van der Waals surface area contributed by atoms with Gasteiger partial charge in [0, 0.05) is 11.5 Å². The van der Waals surface area contributed by atoms with Crippen molar-refractivity contribution in [1.29, 1.82) is 0 Å². The van der Waals surface area contributed by atoms with Gasteiger partial charge in [0.2, 0.25) is 0 Å². The predicted molar refractivity (Wildman–Crippen MR) is 169 cm³/mol. The van der Waals surface area contributed by atoms with E-state index in [1.54, 1.807) is 5.57 Å². The SMILES string of the molecule is CC(C)(C)[Si](O[C@H]1CC[C@@]2(C)C(=CC[C@@H]3[C@@H]2CC[C@@]2(C)[C@H]3CC[C@]23O[C@H]3CO)C1)(c1ccccc1)c1ccccc1. The zero-order valence-electron chi connectivity index (χ0n) is 25.9. The van der Waals surface area contributed by atoms with E-state index in [0.29, 0.717) is 0 Å². The molecule has 4 heteroatoms. The second-order valence-electron chi connectivity index (χ2n) is 15.6. The predicted octanol–water partition coefficient (Wildman–Crippen LogP) is 7.02. The van der Waals surface area contributed by atoms with Crippen molar-refractivity contribution in [2.75, 3.05) is 6.61 Å². The number of fused-ring (bicyclic) bond motifs is 6. The summed E-state index contributed by atoms with van der Waals surface area (Å²) in [4.78, 5) is 0. The van der Waals surface area contributed by atoms with Crippen LogP contribution in [0.3, 0.4) is 0 Å². The van der Waals surface area contributed by atoms with Crippen LogP contribution in [0.4, 0.5) is 0 Å². The molecule has 0 radical (unpaired) electrons. The molecular formula is C37H50O3Si. The van der Waals surface area contributed by atoms with E-state index in [0.717, 1.165) is 37.0 Å². The molecule has 1 saturated heterocycles. The molecule has 41 heavy (non-hydrogen) atoms. The van der Waals surface area contributed by atoms with Gasteiger partial charge in [-0.25, -0.2) is 0 Å². The van der Waals surface area contributed by atoms with Gasteiger partial charge in [-0.1, -0.05) is 107 Å². The van der Waals surface area contributed by atoms with Gasteiger partial charge in [0.15, 0.2) is 0 Å². The average molecular weight is 571 g/mol. The Bertz CT molecular complexity index is 1260. The molecule has 1 aliphatic heterocycles. The first-order valence-electron chi connectivity index (χ1n) is 16.4. The standard InChI is InChI=1S/C37H50O3Si/c1-34(2,3)41(28-12-8-6-9-13-28,29-14-10-7-11-15-29)40-27-18-21-35(4)26(24-27)16-17-30-31(35)19-22-36(5)32(30)20-23-37(36)33(25-38)39-37/h6-16,27,30-33,38H,17-25H2,1-5H3/t27-,30+,31-,32-,33-,35-,36-,37+/m0/s1. The van der Waals surface area contributed by atoms with Crippen molar-refractivity contribution in [3.63, 3.8) is 0 Å². The molecular weight excluding hydrogens is 520 g/mol. The average Bonchev–Trinajstić information content (AvgIpc) is 3.62. The van der Waals surface area contributed by atoms with Gasteiger partial charge in [0.25, 0.3) is 8.32 Å². The third kappa shape index (κ3) is 3.93. The molecule has 8 atom stereocenters. The first kappa shape index (κ1) is 28.1. The third-order valence-electron chi connectivity index (χ3n) is 13.0. The molecule has 1 spiro atoms. The zero-order valence-corrected chi connectivity index (χ0v) is 26.9. The quantitative estimate of drug-likeness (QED) is 0.239. The minimum absolute atomic E-state index is 0.00602. The Kier molecular flexibility index (Phi) is 6.60. The molecule has 4 aliphatic carbocycles. The van der Waals surface area contributed by atoms with Crippen molar-refractivity contribution in [3.8, 4) is 0 Å². The first-order valence-corrected chi connectivity index (χ1v) is 18.3. The second kappa shape index (κ2) is 9.64. The fraction of sp³-hybridized carbons (Fsp3) is 0.622. The number of allylic oxidation sites excluding steroid dienone is 1. The summed E-state index contributed by atoms with van der Waals surface area (Å²) in [6.45, 7) is 12.5. The summed E-state index contributed by atoms with van der Waals surface area (Å²) >= 11 is 0. The van der Waals surface area contributed by atoms with Crippen LogP contribution in [0.15, 0.2) is 72.3 Å². The Morgan fingerprint density at radius 3 is 2.10 bits per heavy atom. The molecule has 1 heterocycles. The van der Waals surface area contributed by atoms with Gasteiger partial charge >= 0.3 is 0 Å². The summed E-state index contributed by atoms with van der Waals surface area (Å²) < 4.78 is 13.9. The van der Waals surface area contributed by atoms with Gasteiger partial charge in [-0.15, -0.1) is 0 Å². The van der Waals surface area contributed by atoms with Gasteiger partial charge in [-0.2, -0.15) is 0 Å². The number of hydrogen-bond donors (Lipinski definition) is 1. The minimum atomic E-state index is -2.56. The van der Waals surface area contributed by atoms with Crippen LogP contribution in [0.25, 0.3) is 0 Å². The number of rotatable bonds is 5. The highest BCUT2D eigenvalue weighted by atomic mass is 28.4. The molecule has 0 amide bonds. The van der Waals surface area contributed by atoms with E-state index in [1.807, 2.05) is 0 Å². The number of aliphatic hydroxyl groups is 1. The second-order valence-corrected chi connectivity index (χ2v) is 19.8. The van der Waals surface area contributed by atoms with Crippen molar-refractivity contribution in [1.82, 2.24) is 0 Å². The molecule has 3 nitrogen and oxygen atoms in total. The fourth-order valence-electron chi connectivity index (χ4n) is 10.8. The molecule has 1 N–H and O–H groups in total. The third-order valence-corrected chi connectivity index (χ3v) is 18.1. The maximum Gasteiger partial charge on any atom is 0.261 e. The van der Waals surface area contributed by atoms with Crippen LogP contribution in [-0.2, 0) is 9.16 Å². The van der Waals surface area contributed by atoms with Crippen LogP contribution in [0.2, 0.25) is 5.04 Å². The summed E-state index contributed by atoms with van der Waals surface area (Å²) in [7, 11) is -2.56. The number of epoxide rings is 1. The summed E-state index contributed by atoms with van der Waals surface area (Å²) in [5, 5.41) is 12.7. The van der Waals surface area contributed by atoms with Gasteiger partial charge < -0.3 is 14.3 Å². The van der Waals surface area contributed by atoms with E-state index in [-0.39, 0.29) is 40.3 Å². The zero-order chi connectivity index (χ0) is 28.7. The van der Waals surface area contributed by atoms with Crippen molar-refractivity contribution >= 4 is 18.7 Å². The highest BCUT2D eigenvalue weighted by Gasteiger charge is 2.74. The molecule has 3 saturated carbocycles. The Morgan fingerprint density at radius 1 is 0.878 bits per heavy atom. The molecule has 0 aromatic heterocycles. The van der Waals surface area contributed by atoms with E-state index in [9.17, 15) is 5.11 Å². The summed E-state index contributed by atoms with van der Waals surface area (Å²) in [5.41, 5.74) is 2.16. The number of hydrogen-bond acceptors (Lipinski definition) is 3. The molecule has 2 aromatic rings. The first-order chi connectivity index (χ1) is 19.6. The number of ether oxygens (including phenoxy) is 1. The van der Waals surface area contributed by atoms with Crippen molar-refractivity contribution in [2.45, 2.75) is 109 Å². The van der Waals surface area contributed by atoms with Gasteiger partial charge in [-0.05, 0) is 89.9 Å². The largest absolute Gasteiger partial charge is 0.404 e. The molecule has 220 valence electrons. The fourth-order valence-corrected chi connectivity index (χ4v) is 15.5. The van der Waals surface area contributed by atoms with Crippen molar-refractivity contribution < 1.29 is 14.3 Å². The van der Waals surface area contributed by atoms with E-state index in [1.165, 1.54) is 42.5 Å². The van der Waals surface area contributed by atoms with Crippen LogP contribution < -0.4 is 10.4 Å². The van der Waals surface area contributed by atoms with Crippen molar-refractivity contribution in [2.24, 2.45) is 28.6 Å². The smallest absolute Gasteiger partial charge is 0.261 e. The summed E-state index contributed by atoms with van der Waals surface area (Å²) in [6.07, 6.45) is 12.6. The summed E-state index contributed by atoms with van der Waals surface area (Å²) in [5.74, 6) is 2.23. The topological polar surface area (TPSA) is 42.0 Å². The normalized spacial score (nSPS) is 40.0. The Morgan fingerprint density at radius 2 is 1.51 bits per heavy atom. The highest BCUT2D eigenvalue weighted by molar-refractivity contribution is 6.99. The minimum Gasteiger partial charge on any atom is -0.404 e. The maximum atomic E-state index is 9.92. The lowest BCUT2D eigenvalue weighted by Gasteiger charge is -2.58. The Labute approximate surface area is 248 Å². The molecule has 5 aliphatic rings. The van der Waals surface area contributed by atoms with E-state index >= 15 is 0 Å². The summed E-state index contributed by atoms with van der Waals surface area (Å²) in [6, 6.07) is 22.3. The number of aliphatic hydroxyl groups excluding tert-OH is 1. The lowest BCUT2D eigenvalue weighted by molar-refractivity contribution is -0.0549. The maximum absolute atomic E-state index is 9.92. The lowest BCUT2D eigenvalue weighted by Crippen LogP contribution is -2.68. The number of benzene rings is 2. The molecule has 0 unspecified atom stereocenters. The Hall–Kier alpha value is -1.72. The van der Waals surface area contributed by atoms with E-state index in [2.05, 4.69) is 101 Å². The Balaban J connectivity index is 1.18. The van der Waals surface area contributed by atoms with Crippen molar-refractivity contribution in [3.05, 3.63) is 72.3 Å². The van der Waals surface area contributed by atoms with Gasteiger partial charge in [0.1, 0.15) is 11.7 Å². The molecule has 7 rings (SSSR count). The van der Waals surface area contributed by atoms with Crippen LogP contribution in [-0.4, -0.2) is 37.8 Å². The monoisotopic (exact) mass is 570 g/mol. The van der Waals surface area contributed by atoms with E-state index < -0.39 is 8.32 Å². The van der Waals surface area contributed by atoms with Gasteiger partial charge in [-0.3, -0.25) is 0 Å². The van der Waals surface area contributed by atoms with Crippen LogP contribution in [0.5, 0.6) is 0 Å². The molecule has 0 bridgehead atoms. The molecule has 4 fully saturated rings. The lowest BCUT2D eigenvalue weighted by atomic mass is 9.47. The van der Waals surface area contributed by atoms with Gasteiger partial charge in [0.05, 0.1) is 6.61 Å². The molecule has 2 aromatic carbocycles. The highest BCUT2D eigenvalue weighted by Crippen LogP contribution is 2.72. The van der Waals surface area contributed by atoms with Crippen LogP contribution >= 0.6 is 0 Å². The van der Waals surface area contributed by atoms with Crippen LogP contribution in [0, 0.1) is 28.6 Å². The van der Waals surface area contributed by atoms with E-state index in [4.69, 9.17) is 9.16 Å². The van der Waals surface area contributed by atoms with Crippen LogP contribution in [0.1, 0.15) is 86.0 Å².